The molecule has 0 aromatic rings. The molecule has 1 saturated heterocycles. The van der Waals surface area contributed by atoms with Crippen molar-refractivity contribution in [3.63, 3.8) is 0 Å². The van der Waals surface area contributed by atoms with E-state index in [1.54, 1.807) is 0 Å². The summed E-state index contributed by atoms with van der Waals surface area (Å²) in [5.74, 6) is 0. The van der Waals surface area contributed by atoms with E-state index in [1.165, 1.54) is 166 Å². The Morgan fingerprint density at radius 1 is 0.452 bits per heavy atom. The molecule has 0 radical (unpaired) electrons. The molecule has 1 unspecified atom stereocenters. The SMILES string of the molecule is CCCCCCCC[Si]1(CCCCCCCC)O[SiH2]O[Si](CCCCCCCC)(C(C)(C)C(C)(C)CCCCCC)O1. The molecule has 1 fully saturated rings. The third kappa shape index (κ3) is 14.3. The predicted molar refractivity (Wildman–Crippen MR) is 194 cm³/mol. The Morgan fingerprint density at radius 2 is 0.833 bits per heavy atom. The second-order valence-electron chi connectivity index (χ2n) is 15.0. The lowest BCUT2D eigenvalue weighted by Crippen LogP contribution is -2.67. The average Bonchev–Trinajstić information content (AvgIpc) is 2.97. The highest BCUT2D eigenvalue weighted by Gasteiger charge is 2.63. The predicted octanol–water partition coefficient (Wildman–Crippen LogP) is 12.8. The summed E-state index contributed by atoms with van der Waals surface area (Å²) < 4.78 is 21.8. The van der Waals surface area contributed by atoms with E-state index in [0.717, 1.165) is 0 Å². The first-order chi connectivity index (χ1) is 20.2. The molecule has 6 heteroatoms. The van der Waals surface area contributed by atoms with Crippen LogP contribution in [0.2, 0.25) is 23.2 Å². The van der Waals surface area contributed by atoms with E-state index >= 15 is 0 Å². The van der Waals surface area contributed by atoms with Crippen molar-refractivity contribution in [2.75, 3.05) is 0 Å². The van der Waals surface area contributed by atoms with Crippen molar-refractivity contribution in [1.29, 1.82) is 0 Å². The fourth-order valence-corrected chi connectivity index (χ4v) is 23.1. The van der Waals surface area contributed by atoms with Crippen LogP contribution in [0.25, 0.3) is 0 Å². The van der Waals surface area contributed by atoms with Crippen LogP contribution in [-0.2, 0) is 12.3 Å². The minimum atomic E-state index is -2.48. The normalized spacial score (nSPS) is 20.0. The van der Waals surface area contributed by atoms with Crippen LogP contribution in [0.5, 0.6) is 0 Å². The van der Waals surface area contributed by atoms with Gasteiger partial charge in [-0.05, 0) is 30.0 Å². The second kappa shape index (κ2) is 22.9. The molecule has 0 saturated carbocycles. The van der Waals surface area contributed by atoms with Crippen molar-refractivity contribution in [3.05, 3.63) is 0 Å². The third-order valence-corrected chi connectivity index (χ3v) is 24.5. The highest BCUT2D eigenvalue weighted by molar-refractivity contribution is 6.88. The maximum absolute atomic E-state index is 7.79. The van der Waals surface area contributed by atoms with Gasteiger partial charge >= 0.3 is 17.1 Å². The Labute approximate surface area is 270 Å². The van der Waals surface area contributed by atoms with Gasteiger partial charge in [0.2, 0.25) is 0 Å². The molecule has 0 spiro atoms. The maximum Gasteiger partial charge on any atom is 0.326 e. The van der Waals surface area contributed by atoms with E-state index in [9.17, 15) is 0 Å². The Morgan fingerprint density at radius 3 is 1.29 bits per heavy atom. The van der Waals surface area contributed by atoms with E-state index in [4.69, 9.17) is 12.3 Å². The van der Waals surface area contributed by atoms with Crippen LogP contribution in [0.4, 0.5) is 0 Å². The Bertz CT molecular complexity index is 626. The lowest BCUT2D eigenvalue weighted by atomic mass is 9.76. The highest BCUT2D eigenvalue weighted by atomic mass is 28.5. The lowest BCUT2D eigenvalue weighted by Gasteiger charge is -2.57. The molecule has 0 aromatic carbocycles. The molecule has 0 bridgehead atoms. The molecule has 1 aliphatic rings. The topological polar surface area (TPSA) is 27.7 Å². The van der Waals surface area contributed by atoms with Gasteiger partial charge in [0, 0.05) is 5.04 Å². The van der Waals surface area contributed by atoms with Crippen LogP contribution < -0.4 is 0 Å². The first-order valence-corrected chi connectivity index (χ1v) is 24.5. The van der Waals surface area contributed by atoms with Crippen LogP contribution >= 0.6 is 0 Å². The van der Waals surface area contributed by atoms with Gasteiger partial charge in [0.25, 0.3) is 10.0 Å². The summed E-state index contributed by atoms with van der Waals surface area (Å²) in [5.41, 5.74) is 0.210. The average molecular weight is 643 g/mol. The zero-order chi connectivity index (χ0) is 31.2. The number of hydrogen-bond acceptors (Lipinski definition) is 3. The standard InChI is InChI=1S/C36H78O3Si3/c1-9-13-17-21-24-28-32-41(33-29-25-22-18-14-10-2)37-40-38-42(39-41,34-30-26-23-19-15-11-3)36(7,8)35(5,6)31-27-20-16-12-4/h9-34,40H2,1-8H3. The molecule has 0 aliphatic carbocycles. The van der Waals surface area contributed by atoms with Crippen LogP contribution in [0.1, 0.15) is 203 Å². The summed E-state index contributed by atoms with van der Waals surface area (Å²) in [7, 11) is -5.76. The van der Waals surface area contributed by atoms with E-state index in [0.29, 0.717) is 0 Å². The smallest absolute Gasteiger partial charge is 0.326 e. The molecule has 3 nitrogen and oxygen atoms in total. The molecule has 1 rings (SSSR count). The van der Waals surface area contributed by atoms with Crippen molar-refractivity contribution < 1.29 is 12.3 Å². The first kappa shape index (κ1) is 40.6. The Hall–Kier alpha value is 0.531. The fraction of sp³-hybridized carbons (Fsp3) is 1.00. The van der Waals surface area contributed by atoms with E-state index in [2.05, 4.69) is 55.4 Å². The number of rotatable bonds is 28. The third-order valence-electron chi connectivity index (χ3n) is 10.9. The molecular formula is C36H78O3Si3. The zero-order valence-corrected chi connectivity index (χ0v) is 33.7. The van der Waals surface area contributed by atoms with Crippen LogP contribution in [0.15, 0.2) is 0 Å². The number of hydrogen-bond donors (Lipinski definition) is 0. The van der Waals surface area contributed by atoms with Gasteiger partial charge in [-0.3, -0.25) is 0 Å². The van der Waals surface area contributed by atoms with Gasteiger partial charge < -0.3 is 12.3 Å². The van der Waals surface area contributed by atoms with Gasteiger partial charge in [-0.25, -0.2) is 0 Å². The summed E-state index contributed by atoms with van der Waals surface area (Å²) in [4.78, 5) is 0. The number of unbranched alkanes of at least 4 members (excludes halogenated alkanes) is 18. The van der Waals surface area contributed by atoms with E-state index < -0.39 is 27.1 Å². The van der Waals surface area contributed by atoms with Gasteiger partial charge in [0.15, 0.2) is 0 Å². The van der Waals surface area contributed by atoms with Gasteiger partial charge in [-0.2, -0.15) is 0 Å². The van der Waals surface area contributed by atoms with Crippen molar-refractivity contribution in [1.82, 2.24) is 0 Å². The molecule has 0 aromatic heterocycles. The van der Waals surface area contributed by atoms with Gasteiger partial charge in [0.1, 0.15) is 0 Å². The Balaban J connectivity index is 3.17. The maximum atomic E-state index is 7.79. The minimum Gasteiger partial charge on any atom is -0.420 e. The van der Waals surface area contributed by atoms with Crippen molar-refractivity contribution in [3.8, 4) is 0 Å². The van der Waals surface area contributed by atoms with Gasteiger partial charge in [-0.15, -0.1) is 0 Å². The summed E-state index contributed by atoms with van der Waals surface area (Å²) in [5, 5.41) is 0.0763. The van der Waals surface area contributed by atoms with Gasteiger partial charge in [-0.1, -0.05) is 197 Å². The molecule has 1 heterocycles. The fourth-order valence-electron chi connectivity index (χ4n) is 7.02. The van der Waals surface area contributed by atoms with Crippen LogP contribution in [0.3, 0.4) is 0 Å². The summed E-state index contributed by atoms with van der Waals surface area (Å²) in [6, 6.07) is 3.61. The van der Waals surface area contributed by atoms with E-state index in [-0.39, 0.29) is 10.5 Å². The van der Waals surface area contributed by atoms with Crippen LogP contribution in [0, 0.1) is 5.41 Å². The molecule has 1 aliphatic heterocycles. The van der Waals surface area contributed by atoms with Crippen LogP contribution in [-0.4, -0.2) is 27.1 Å². The van der Waals surface area contributed by atoms with Crippen molar-refractivity contribution in [2.24, 2.45) is 5.41 Å². The lowest BCUT2D eigenvalue weighted by molar-refractivity contribution is 0.147. The Kier molecular flexibility index (Phi) is 22.2. The monoisotopic (exact) mass is 643 g/mol. The zero-order valence-electron chi connectivity index (χ0n) is 30.3. The van der Waals surface area contributed by atoms with Crippen molar-refractivity contribution in [2.45, 2.75) is 226 Å². The van der Waals surface area contributed by atoms with E-state index in [1.807, 2.05) is 0 Å². The summed E-state index contributed by atoms with van der Waals surface area (Å²) in [6.07, 6.45) is 30.9. The van der Waals surface area contributed by atoms with Gasteiger partial charge in [0.05, 0.1) is 0 Å². The molecule has 0 N–H and O–H groups in total. The molecular weight excluding hydrogens is 565 g/mol. The largest absolute Gasteiger partial charge is 0.420 e. The highest BCUT2D eigenvalue weighted by Crippen LogP contribution is 2.59. The molecule has 1 atom stereocenters. The minimum absolute atomic E-state index is 0.0763. The molecule has 252 valence electrons. The second-order valence-corrected chi connectivity index (χ2v) is 24.5. The molecule has 0 amide bonds. The summed E-state index contributed by atoms with van der Waals surface area (Å²) >= 11 is 0. The van der Waals surface area contributed by atoms with Crippen molar-refractivity contribution >= 4 is 27.1 Å². The molecule has 42 heavy (non-hydrogen) atoms. The first-order valence-electron chi connectivity index (χ1n) is 19.1. The quantitative estimate of drug-likeness (QED) is 0.0627. The summed E-state index contributed by atoms with van der Waals surface area (Å²) in [6.45, 7) is 19.5.